The standard InChI is InChI=1S/C11H5Cl4FN2O3/c12-8-4-3-7(19)18(6(4)2-1-5(8)16)10(21)17-9(20)11(13,14)15/h1-3,19H,(H,17,20,21). The first kappa shape index (κ1) is 16.2. The molecule has 0 atom stereocenters. The number of hydrogen-bond acceptors (Lipinski definition) is 3. The molecule has 0 aliphatic carbocycles. The second kappa shape index (κ2) is 5.53. The number of nitrogens with zero attached hydrogens (tertiary/aromatic N) is 1. The number of aromatic nitrogens is 1. The van der Waals surface area contributed by atoms with Gasteiger partial charge in [-0.1, -0.05) is 46.4 Å². The predicted molar refractivity (Wildman–Crippen MR) is 77.8 cm³/mol. The third-order valence-corrected chi connectivity index (χ3v) is 3.43. The Morgan fingerprint density at radius 1 is 1.29 bits per heavy atom. The molecule has 2 aromatic rings. The van der Waals surface area contributed by atoms with Gasteiger partial charge >= 0.3 is 6.03 Å². The Morgan fingerprint density at radius 2 is 1.90 bits per heavy atom. The molecule has 1 aromatic heterocycles. The van der Waals surface area contributed by atoms with Crippen LogP contribution >= 0.6 is 46.4 Å². The van der Waals surface area contributed by atoms with Crippen LogP contribution in [0.5, 0.6) is 5.88 Å². The van der Waals surface area contributed by atoms with Crippen LogP contribution in [0.3, 0.4) is 0 Å². The Morgan fingerprint density at radius 3 is 2.48 bits per heavy atom. The highest BCUT2D eigenvalue weighted by atomic mass is 35.6. The van der Waals surface area contributed by atoms with Gasteiger partial charge in [0.25, 0.3) is 9.70 Å². The predicted octanol–water partition coefficient (Wildman–Crippen LogP) is 3.59. The van der Waals surface area contributed by atoms with Gasteiger partial charge in [0.2, 0.25) is 5.88 Å². The molecule has 0 spiro atoms. The molecule has 2 N–H and O–H groups in total. The van der Waals surface area contributed by atoms with Crippen LogP contribution in [-0.2, 0) is 4.79 Å². The molecule has 0 aliphatic heterocycles. The van der Waals surface area contributed by atoms with Crippen molar-refractivity contribution in [1.29, 1.82) is 0 Å². The van der Waals surface area contributed by atoms with E-state index in [1.807, 2.05) is 0 Å². The van der Waals surface area contributed by atoms with Crippen LogP contribution in [0.2, 0.25) is 5.02 Å². The van der Waals surface area contributed by atoms with Crippen LogP contribution in [0.4, 0.5) is 9.18 Å². The fourth-order valence-corrected chi connectivity index (χ4v) is 2.00. The maximum atomic E-state index is 13.3. The zero-order valence-electron chi connectivity index (χ0n) is 9.83. The molecule has 0 radical (unpaired) electrons. The lowest BCUT2D eigenvalue weighted by Gasteiger charge is -2.11. The molecule has 0 saturated carbocycles. The lowest BCUT2D eigenvalue weighted by atomic mass is 10.2. The number of benzene rings is 1. The molecule has 2 amide bonds. The zero-order chi connectivity index (χ0) is 15.9. The van der Waals surface area contributed by atoms with Gasteiger partial charge in [0.05, 0.1) is 10.5 Å². The fourth-order valence-electron chi connectivity index (χ4n) is 1.64. The van der Waals surface area contributed by atoms with E-state index in [0.717, 1.165) is 12.1 Å². The number of aromatic hydroxyl groups is 1. The summed E-state index contributed by atoms with van der Waals surface area (Å²) in [6, 6.07) is 2.20. The molecule has 0 fully saturated rings. The van der Waals surface area contributed by atoms with Gasteiger partial charge in [0.15, 0.2) is 0 Å². The van der Waals surface area contributed by atoms with Crippen LogP contribution in [0.25, 0.3) is 10.9 Å². The summed E-state index contributed by atoms with van der Waals surface area (Å²) in [7, 11) is 0. The van der Waals surface area contributed by atoms with E-state index in [0.29, 0.717) is 4.57 Å². The van der Waals surface area contributed by atoms with Crippen molar-refractivity contribution in [2.45, 2.75) is 3.79 Å². The lowest BCUT2D eigenvalue weighted by molar-refractivity contribution is -0.119. The molecule has 112 valence electrons. The minimum Gasteiger partial charge on any atom is -0.494 e. The maximum absolute atomic E-state index is 13.3. The van der Waals surface area contributed by atoms with Crippen molar-refractivity contribution in [2.24, 2.45) is 0 Å². The second-order valence-corrected chi connectivity index (χ2v) is 6.55. The second-order valence-electron chi connectivity index (χ2n) is 3.89. The quantitative estimate of drug-likeness (QED) is 0.693. The number of halogens is 5. The molecule has 1 heterocycles. The summed E-state index contributed by atoms with van der Waals surface area (Å²) in [5, 5.41) is 11.3. The molecular formula is C11H5Cl4FN2O3. The molecule has 21 heavy (non-hydrogen) atoms. The number of amides is 2. The smallest absolute Gasteiger partial charge is 0.335 e. The number of nitrogens with one attached hydrogen (secondary N) is 1. The van der Waals surface area contributed by atoms with Crippen molar-refractivity contribution in [2.75, 3.05) is 0 Å². The van der Waals surface area contributed by atoms with Crippen molar-refractivity contribution in [3.05, 3.63) is 29.0 Å². The molecule has 0 bridgehead atoms. The Bertz CT molecular complexity index is 754. The number of carbonyl (C=O) groups is 2. The van der Waals surface area contributed by atoms with E-state index in [2.05, 4.69) is 0 Å². The Kier molecular flexibility index (Phi) is 4.26. The molecule has 0 saturated heterocycles. The monoisotopic (exact) mass is 372 g/mol. The molecule has 5 nitrogen and oxygen atoms in total. The van der Waals surface area contributed by atoms with Crippen molar-refractivity contribution in [3.63, 3.8) is 0 Å². The molecule has 10 heteroatoms. The average Bonchev–Trinajstić information content (AvgIpc) is 2.70. The van der Waals surface area contributed by atoms with E-state index < -0.39 is 27.4 Å². The van der Waals surface area contributed by atoms with Crippen LogP contribution in [0.1, 0.15) is 0 Å². The maximum Gasteiger partial charge on any atom is 0.335 e. The van der Waals surface area contributed by atoms with Gasteiger partial charge in [0.1, 0.15) is 5.82 Å². The SMILES string of the molecule is O=C(NC(=O)C(Cl)(Cl)Cl)n1c(O)cc2c(Cl)c(F)ccc21. The van der Waals surface area contributed by atoms with Crippen LogP contribution in [-0.4, -0.2) is 25.4 Å². The van der Waals surface area contributed by atoms with E-state index in [-0.39, 0.29) is 15.9 Å². The Labute approximate surface area is 137 Å². The van der Waals surface area contributed by atoms with Gasteiger partial charge < -0.3 is 5.11 Å². The van der Waals surface area contributed by atoms with E-state index in [1.54, 1.807) is 5.32 Å². The summed E-state index contributed by atoms with van der Waals surface area (Å²) in [5.74, 6) is -2.49. The third-order valence-electron chi connectivity index (χ3n) is 2.53. The topological polar surface area (TPSA) is 71.3 Å². The average molecular weight is 374 g/mol. The summed E-state index contributed by atoms with van der Waals surface area (Å²) >= 11 is 21.7. The van der Waals surface area contributed by atoms with Crippen molar-refractivity contribution in [3.8, 4) is 5.88 Å². The highest BCUT2D eigenvalue weighted by Crippen LogP contribution is 2.32. The Balaban J connectivity index is 2.48. The summed E-state index contributed by atoms with van der Waals surface area (Å²) in [4.78, 5) is 23.4. The van der Waals surface area contributed by atoms with Crippen molar-refractivity contribution >= 4 is 69.2 Å². The number of carbonyl (C=O) groups excluding carboxylic acids is 2. The Hall–Kier alpha value is -1.21. The zero-order valence-corrected chi connectivity index (χ0v) is 12.9. The number of hydrogen-bond donors (Lipinski definition) is 2. The van der Waals surface area contributed by atoms with Crippen LogP contribution < -0.4 is 5.32 Å². The molecule has 1 aromatic carbocycles. The highest BCUT2D eigenvalue weighted by Gasteiger charge is 2.33. The summed E-state index contributed by atoms with van der Waals surface area (Å²) in [6.07, 6.45) is 0. The molecule has 0 aliphatic rings. The first-order chi connectivity index (χ1) is 9.62. The van der Waals surface area contributed by atoms with E-state index >= 15 is 0 Å². The number of imide groups is 1. The fraction of sp³-hybridized carbons (Fsp3) is 0.0909. The van der Waals surface area contributed by atoms with Gasteiger partial charge in [-0.15, -0.1) is 0 Å². The van der Waals surface area contributed by atoms with E-state index in [1.165, 1.54) is 6.07 Å². The van der Waals surface area contributed by atoms with Crippen molar-refractivity contribution < 1.29 is 19.1 Å². The first-order valence-corrected chi connectivity index (χ1v) is 6.75. The molecular weight excluding hydrogens is 369 g/mol. The van der Waals surface area contributed by atoms with E-state index in [9.17, 15) is 19.1 Å². The molecule has 0 unspecified atom stereocenters. The largest absolute Gasteiger partial charge is 0.494 e. The lowest BCUT2D eigenvalue weighted by Crippen LogP contribution is -2.40. The van der Waals surface area contributed by atoms with E-state index in [4.69, 9.17) is 46.4 Å². The summed E-state index contributed by atoms with van der Waals surface area (Å²) < 4.78 is 11.7. The number of fused-ring (bicyclic) bond motifs is 1. The van der Waals surface area contributed by atoms with Gasteiger partial charge in [-0.2, -0.15) is 0 Å². The third kappa shape index (κ3) is 3.03. The number of rotatable bonds is 0. The minimum atomic E-state index is -2.35. The van der Waals surface area contributed by atoms with Crippen LogP contribution in [0.15, 0.2) is 18.2 Å². The van der Waals surface area contributed by atoms with Crippen molar-refractivity contribution in [1.82, 2.24) is 9.88 Å². The molecule has 2 rings (SSSR count). The van der Waals surface area contributed by atoms with Gasteiger partial charge in [-0.25, -0.2) is 13.8 Å². The van der Waals surface area contributed by atoms with Gasteiger partial charge in [-0.05, 0) is 12.1 Å². The minimum absolute atomic E-state index is 0.0773. The highest BCUT2D eigenvalue weighted by molar-refractivity contribution is 6.76. The van der Waals surface area contributed by atoms with Gasteiger partial charge in [0, 0.05) is 11.5 Å². The normalized spacial score (nSPS) is 11.7. The first-order valence-electron chi connectivity index (χ1n) is 5.24. The summed E-state index contributed by atoms with van der Waals surface area (Å²) in [5.41, 5.74) is 0.0773. The van der Waals surface area contributed by atoms with Crippen LogP contribution in [0, 0.1) is 5.82 Å². The summed E-state index contributed by atoms with van der Waals surface area (Å²) in [6.45, 7) is 0. The number of alkyl halides is 3. The van der Waals surface area contributed by atoms with Gasteiger partial charge in [-0.3, -0.25) is 10.1 Å².